The molecule has 2 fully saturated rings. The molecule has 2 heterocycles. The molecule has 0 aromatic carbocycles. The maximum atomic E-state index is 11.2. The summed E-state index contributed by atoms with van der Waals surface area (Å²) in [6.45, 7) is 0.356. The minimum atomic E-state index is -3.90. The van der Waals surface area contributed by atoms with Crippen molar-refractivity contribution < 1.29 is 29.6 Å². The van der Waals surface area contributed by atoms with Crippen LogP contribution in [0.5, 0.6) is 0 Å². The molecular weight excluding hydrogens is 223 g/mol. The molecule has 0 aliphatic carbocycles. The maximum absolute atomic E-state index is 11.2. The molecule has 7 heteroatoms. The van der Waals surface area contributed by atoms with E-state index in [0.717, 1.165) is 6.66 Å². The fraction of sp³-hybridized carbons (Fsp3) is 1.00. The van der Waals surface area contributed by atoms with E-state index in [2.05, 4.69) is 0 Å². The summed E-state index contributed by atoms with van der Waals surface area (Å²) in [4.78, 5) is 11.2. The van der Waals surface area contributed by atoms with E-state index in [1.165, 1.54) is 7.11 Å². The van der Waals surface area contributed by atoms with Crippen LogP contribution in [0, 0.1) is 0 Å². The summed E-state index contributed by atoms with van der Waals surface area (Å²) < 4.78 is 39.2. The molecule has 15 heavy (non-hydrogen) atoms. The van der Waals surface area contributed by atoms with Crippen molar-refractivity contribution >= 4 is 7.60 Å². The van der Waals surface area contributed by atoms with Crippen molar-refractivity contribution in [3.05, 3.63) is 0 Å². The second kappa shape index (κ2) is 3.80. The highest BCUT2D eigenvalue weighted by molar-refractivity contribution is 7.50. The van der Waals surface area contributed by atoms with Crippen LogP contribution >= 0.6 is 7.60 Å². The molecule has 2 unspecified atom stereocenters. The van der Waals surface area contributed by atoms with E-state index in [1.807, 2.05) is 0 Å². The second-order valence-corrected chi connectivity index (χ2v) is 5.49. The van der Waals surface area contributed by atoms with Crippen LogP contribution in [0.1, 0.15) is 1.37 Å². The number of hydrogen-bond donors (Lipinski definition) is 0. The lowest BCUT2D eigenvalue weighted by molar-refractivity contribution is -0.259. The van der Waals surface area contributed by atoms with Gasteiger partial charge in [0.1, 0.15) is 19.8 Å². The molecule has 0 saturated carbocycles. The molecule has 2 rings (SSSR count). The maximum Gasteiger partial charge on any atom is 0.154 e. The monoisotopic (exact) mass is 239 g/mol. The van der Waals surface area contributed by atoms with Gasteiger partial charge in [0.15, 0.2) is 5.60 Å². The number of methoxy groups -OCH3 is 1. The largest absolute Gasteiger partial charge is 0.779 e. The molecule has 0 amide bonds. The summed E-state index contributed by atoms with van der Waals surface area (Å²) in [5.74, 6) is 0. The lowest BCUT2D eigenvalue weighted by Crippen LogP contribution is -2.63. The van der Waals surface area contributed by atoms with E-state index in [-0.39, 0.29) is 13.2 Å². The Morgan fingerprint density at radius 1 is 1.73 bits per heavy atom. The molecular formula is C8H14O6P-. The molecule has 0 aromatic heterocycles. The van der Waals surface area contributed by atoms with E-state index in [0.29, 0.717) is 0 Å². The highest BCUT2D eigenvalue weighted by Crippen LogP contribution is 2.49. The average molecular weight is 239 g/mol. The van der Waals surface area contributed by atoms with Crippen LogP contribution in [0.4, 0.5) is 0 Å². The van der Waals surface area contributed by atoms with Crippen molar-refractivity contribution in [3.63, 3.8) is 0 Å². The minimum absolute atomic E-state index is 0.112. The van der Waals surface area contributed by atoms with Crippen molar-refractivity contribution in [2.45, 2.75) is 17.8 Å². The topological polar surface area (TPSA) is 77.1 Å². The molecule has 0 aromatic rings. The van der Waals surface area contributed by atoms with Gasteiger partial charge in [-0.15, -0.1) is 0 Å². The fourth-order valence-electron chi connectivity index (χ4n) is 1.83. The second-order valence-electron chi connectivity index (χ2n) is 3.77. The summed E-state index contributed by atoms with van der Waals surface area (Å²) >= 11 is 0. The average Bonchev–Trinajstić information content (AvgIpc) is 2.24. The van der Waals surface area contributed by atoms with Crippen LogP contribution in [0.25, 0.3) is 0 Å². The lowest BCUT2D eigenvalue weighted by Gasteiger charge is -2.47. The first-order chi connectivity index (χ1) is 7.39. The van der Waals surface area contributed by atoms with Crippen LogP contribution < -0.4 is 4.89 Å². The van der Waals surface area contributed by atoms with Gasteiger partial charge in [-0.25, -0.2) is 0 Å². The standard InChI is InChI=1S/C8H15O6P/c1-11-3-6-8(14-15(2,9)10)5-13-7(8)4-12-6/h6-7H,3-5H2,1-2H3,(H,9,10)/p-1/t6-,7?,8+/m1/s1/i4T/t4-,6+,7?,8-/m0. The molecule has 6 nitrogen and oxygen atoms in total. The highest BCUT2D eigenvalue weighted by Gasteiger charge is 2.61. The SMILES string of the molecule is [3H][C@@H]1O[C@H](COC)[C@@]2(OP(C)(=O)[O-])COC12. The summed E-state index contributed by atoms with van der Waals surface area (Å²) in [5, 5.41) is 0. The number of ether oxygens (including phenoxy) is 3. The molecule has 2 aliphatic rings. The Balaban J connectivity index is 2.18. The zero-order valence-corrected chi connectivity index (χ0v) is 9.44. The third-order valence-electron chi connectivity index (χ3n) is 2.54. The third kappa shape index (κ3) is 1.98. The van der Waals surface area contributed by atoms with Crippen LogP contribution in [-0.2, 0) is 23.3 Å². The van der Waals surface area contributed by atoms with Gasteiger partial charge in [-0.1, -0.05) is 0 Å². The molecule has 0 spiro atoms. The van der Waals surface area contributed by atoms with E-state index < -0.39 is 32.0 Å². The summed E-state index contributed by atoms with van der Waals surface area (Å²) in [7, 11) is -2.43. The number of rotatable bonds is 4. The van der Waals surface area contributed by atoms with E-state index in [4.69, 9.17) is 20.1 Å². The van der Waals surface area contributed by atoms with Crippen molar-refractivity contribution in [2.75, 3.05) is 33.6 Å². The highest BCUT2D eigenvalue weighted by atomic mass is 31.2. The molecule has 0 radical (unpaired) electrons. The van der Waals surface area contributed by atoms with E-state index >= 15 is 0 Å². The predicted molar refractivity (Wildman–Crippen MR) is 48.7 cm³/mol. The Bertz CT molecular complexity index is 320. The molecule has 2 saturated heterocycles. The van der Waals surface area contributed by atoms with Crippen molar-refractivity contribution in [1.29, 1.82) is 0 Å². The smallest absolute Gasteiger partial charge is 0.154 e. The Morgan fingerprint density at radius 2 is 2.47 bits per heavy atom. The van der Waals surface area contributed by atoms with Crippen molar-refractivity contribution in [2.24, 2.45) is 0 Å². The minimum Gasteiger partial charge on any atom is -0.779 e. The first-order valence-corrected chi connectivity index (χ1v) is 6.55. The van der Waals surface area contributed by atoms with Crippen molar-refractivity contribution in [3.8, 4) is 0 Å². The summed E-state index contributed by atoms with van der Waals surface area (Å²) in [6, 6.07) is 0. The molecule has 5 atom stereocenters. The van der Waals surface area contributed by atoms with Crippen molar-refractivity contribution in [1.82, 2.24) is 0 Å². The molecule has 0 N–H and O–H groups in total. The third-order valence-corrected chi connectivity index (χ3v) is 3.21. The number of hydrogen-bond acceptors (Lipinski definition) is 6. The number of fused-ring (bicyclic) bond motifs is 1. The Labute approximate surface area is 89.4 Å². The van der Waals surface area contributed by atoms with E-state index in [9.17, 15) is 9.46 Å². The Kier molecular flexibility index (Phi) is 2.59. The summed E-state index contributed by atoms with van der Waals surface area (Å²) in [5.41, 5.74) is -1.07. The fourth-order valence-corrected chi connectivity index (χ4v) is 2.72. The zero-order valence-electron chi connectivity index (χ0n) is 9.54. The molecule has 88 valence electrons. The van der Waals surface area contributed by atoms with Gasteiger partial charge < -0.3 is 28.2 Å². The van der Waals surface area contributed by atoms with Gasteiger partial charge >= 0.3 is 0 Å². The van der Waals surface area contributed by atoms with Gasteiger partial charge in [-0.05, 0) is 0 Å². The zero-order chi connectivity index (χ0) is 12.0. The van der Waals surface area contributed by atoms with Crippen LogP contribution in [-0.4, -0.2) is 51.4 Å². The Hall–Kier alpha value is 0.0300. The Morgan fingerprint density at radius 3 is 2.93 bits per heavy atom. The molecule has 0 bridgehead atoms. The molecule has 2 aliphatic heterocycles. The normalized spacial score (nSPS) is 49.0. The summed E-state index contributed by atoms with van der Waals surface area (Å²) in [6.07, 6.45) is -1.24. The predicted octanol–water partition coefficient (Wildman–Crippen LogP) is -0.631. The van der Waals surface area contributed by atoms with Crippen LogP contribution in [0.2, 0.25) is 0 Å². The van der Waals surface area contributed by atoms with Gasteiger partial charge in [-0.3, -0.25) is 0 Å². The van der Waals surface area contributed by atoms with Gasteiger partial charge in [-0.2, -0.15) is 0 Å². The van der Waals surface area contributed by atoms with Gasteiger partial charge in [0.25, 0.3) is 0 Å². The van der Waals surface area contributed by atoms with Gasteiger partial charge in [0, 0.05) is 13.8 Å². The van der Waals surface area contributed by atoms with Gasteiger partial charge in [0.05, 0.1) is 21.2 Å². The quantitative estimate of drug-likeness (QED) is 0.608. The van der Waals surface area contributed by atoms with Crippen LogP contribution in [0.3, 0.4) is 0 Å². The first kappa shape index (κ1) is 10.2. The van der Waals surface area contributed by atoms with Crippen LogP contribution in [0.15, 0.2) is 0 Å². The lowest BCUT2D eigenvalue weighted by atomic mass is 9.89. The first-order valence-electron chi connectivity index (χ1n) is 5.14. The van der Waals surface area contributed by atoms with E-state index in [1.54, 1.807) is 0 Å². The van der Waals surface area contributed by atoms with Gasteiger partial charge in [0.2, 0.25) is 0 Å².